The first-order valence-electron chi connectivity index (χ1n) is 4.34. The summed E-state index contributed by atoms with van der Waals surface area (Å²) in [5.74, 6) is 0. The van der Waals surface area contributed by atoms with Crippen LogP contribution in [0.4, 0.5) is 0 Å². The second kappa shape index (κ2) is 2.75. The maximum atomic E-state index is 2.33. The van der Waals surface area contributed by atoms with Gasteiger partial charge in [-0.1, -0.05) is 0 Å². The maximum absolute atomic E-state index is 2.33. The van der Waals surface area contributed by atoms with Gasteiger partial charge in [0.1, 0.15) is 0 Å². The number of fused-ring (bicyclic) bond motifs is 3. The molecule has 61 valence electrons. The van der Waals surface area contributed by atoms with Crippen LogP contribution in [0.1, 0.15) is 5.56 Å². The summed E-state index contributed by atoms with van der Waals surface area (Å²) in [6.45, 7) is 0. The SMILES string of the molecule is C1=Cc2c(ccc3ccccc23)[As]1. The molecular weight excluding hydrogens is 219 g/mol. The molecular formula is C12H8As. The summed E-state index contributed by atoms with van der Waals surface area (Å²) < 4.78 is 1.55. The summed E-state index contributed by atoms with van der Waals surface area (Å²) in [6, 6.07) is 13.1. The summed E-state index contributed by atoms with van der Waals surface area (Å²) in [7, 11) is 0. The molecule has 0 aromatic heterocycles. The van der Waals surface area contributed by atoms with Gasteiger partial charge >= 0.3 is 83.8 Å². The Bertz CT molecular complexity index is 497. The van der Waals surface area contributed by atoms with Gasteiger partial charge in [-0.2, -0.15) is 0 Å². The Balaban J connectivity index is 2.49. The molecule has 0 spiro atoms. The van der Waals surface area contributed by atoms with Crippen molar-refractivity contribution in [1.29, 1.82) is 0 Å². The summed E-state index contributed by atoms with van der Waals surface area (Å²) in [4.78, 5) is 2.33. The van der Waals surface area contributed by atoms with Crippen LogP contribution < -0.4 is 4.35 Å². The number of rotatable bonds is 0. The average molecular weight is 227 g/mol. The molecule has 0 amide bonds. The van der Waals surface area contributed by atoms with E-state index in [9.17, 15) is 0 Å². The molecule has 0 aliphatic carbocycles. The average Bonchev–Trinajstić information content (AvgIpc) is 2.65. The number of hydrogen-bond donors (Lipinski definition) is 0. The van der Waals surface area contributed by atoms with E-state index in [1.165, 1.54) is 16.3 Å². The van der Waals surface area contributed by atoms with Crippen LogP contribution >= 0.6 is 0 Å². The zero-order valence-corrected chi connectivity index (χ0v) is 8.94. The summed E-state index contributed by atoms with van der Waals surface area (Å²) in [5.41, 5.74) is 1.46. The van der Waals surface area contributed by atoms with Gasteiger partial charge in [-0.3, -0.25) is 0 Å². The van der Waals surface area contributed by atoms with Crippen molar-refractivity contribution < 1.29 is 0 Å². The van der Waals surface area contributed by atoms with Crippen LogP contribution in [-0.2, 0) is 0 Å². The van der Waals surface area contributed by atoms with Gasteiger partial charge < -0.3 is 0 Å². The van der Waals surface area contributed by atoms with Gasteiger partial charge in [0.05, 0.1) is 0 Å². The summed E-state index contributed by atoms with van der Waals surface area (Å²) in [6.07, 6.45) is 2.28. The van der Waals surface area contributed by atoms with E-state index in [1.54, 1.807) is 4.35 Å². The van der Waals surface area contributed by atoms with Gasteiger partial charge in [-0.05, 0) is 0 Å². The molecule has 0 saturated carbocycles. The van der Waals surface area contributed by atoms with Crippen molar-refractivity contribution in [3.05, 3.63) is 46.8 Å². The van der Waals surface area contributed by atoms with E-state index in [0.29, 0.717) is 15.8 Å². The Morgan fingerprint density at radius 2 is 1.85 bits per heavy atom. The predicted octanol–water partition coefficient (Wildman–Crippen LogP) is 2.15. The summed E-state index contributed by atoms with van der Waals surface area (Å²) >= 11 is 0.305. The number of hydrogen-bond acceptors (Lipinski definition) is 0. The van der Waals surface area contributed by atoms with E-state index >= 15 is 0 Å². The van der Waals surface area contributed by atoms with Gasteiger partial charge in [0.15, 0.2) is 0 Å². The fourth-order valence-corrected chi connectivity index (χ4v) is 3.61. The molecule has 3 rings (SSSR count). The van der Waals surface area contributed by atoms with Gasteiger partial charge in [0.25, 0.3) is 0 Å². The van der Waals surface area contributed by atoms with Crippen LogP contribution in [0.3, 0.4) is 0 Å². The van der Waals surface area contributed by atoms with Crippen molar-refractivity contribution in [2.75, 3.05) is 0 Å². The first-order chi connectivity index (χ1) is 6.45. The molecule has 2 aromatic carbocycles. The van der Waals surface area contributed by atoms with E-state index in [4.69, 9.17) is 0 Å². The quantitative estimate of drug-likeness (QED) is 0.605. The third-order valence-corrected chi connectivity index (χ3v) is 4.43. The zero-order valence-electron chi connectivity index (χ0n) is 7.07. The minimum absolute atomic E-state index is 0.305. The van der Waals surface area contributed by atoms with Crippen LogP contribution in [-0.4, -0.2) is 15.8 Å². The molecule has 1 heterocycles. The molecule has 0 fully saturated rings. The summed E-state index contributed by atoms with van der Waals surface area (Å²) in [5, 5.41) is 2.76. The van der Waals surface area contributed by atoms with Crippen LogP contribution in [0.2, 0.25) is 0 Å². The molecule has 1 aliphatic rings. The second-order valence-electron chi connectivity index (χ2n) is 3.16. The fourth-order valence-electron chi connectivity index (χ4n) is 1.76. The van der Waals surface area contributed by atoms with E-state index in [2.05, 4.69) is 47.3 Å². The normalized spacial score (nSPS) is 15.4. The van der Waals surface area contributed by atoms with Gasteiger partial charge in [0.2, 0.25) is 0 Å². The van der Waals surface area contributed by atoms with Gasteiger partial charge in [-0.15, -0.1) is 0 Å². The fraction of sp³-hybridized carbons (Fsp3) is 0. The Morgan fingerprint density at radius 1 is 0.923 bits per heavy atom. The van der Waals surface area contributed by atoms with Crippen molar-refractivity contribution in [2.45, 2.75) is 0 Å². The zero-order chi connectivity index (χ0) is 8.67. The minimum atomic E-state index is 0.305. The third-order valence-electron chi connectivity index (χ3n) is 2.40. The predicted molar refractivity (Wildman–Crippen MR) is 58.4 cm³/mol. The Labute approximate surface area is 84.0 Å². The van der Waals surface area contributed by atoms with E-state index in [0.717, 1.165) is 0 Å². The van der Waals surface area contributed by atoms with E-state index in [-0.39, 0.29) is 0 Å². The van der Waals surface area contributed by atoms with Crippen LogP contribution in [0.25, 0.3) is 16.8 Å². The topological polar surface area (TPSA) is 0 Å². The van der Waals surface area contributed by atoms with Crippen molar-refractivity contribution in [3.8, 4) is 0 Å². The molecule has 13 heavy (non-hydrogen) atoms. The molecule has 0 N–H and O–H groups in total. The van der Waals surface area contributed by atoms with Crippen LogP contribution in [0, 0.1) is 0 Å². The monoisotopic (exact) mass is 227 g/mol. The van der Waals surface area contributed by atoms with Crippen LogP contribution in [0.15, 0.2) is 41.3 Å². The molecule has 0 saturated heterocycles. The van der Waals surface area contributed by atoms with Crippen LogP contribution in [0.5, 0.6) is 0 Å². The first kappa shape index (κ1) is 7.41. The molecule has 0 unspecified atom stereocenters. The van der Waals surface area contributed by atoms with Crippen molar-refractivity contribution in [3.63, 3.8) is 0 Å². The molecule has 1 radical (unpaired) electrons. The van der Waals surface area contributed by atoms with E-state index < -0.39 is 0 Å². The molecule has 0 nitrogen and oxygen atoms in total. The van der Waals surface area contributed by atoms with Gasteiger partial charge in [-0.25, -0.2) is 0 Å². The Morgan fingerprint density at radius 3 is 2.85 bits per heavy atom. The van der Waals surface area contributed by atoms with Crippen molar-refractivity contribution >= 4 is 37.0 Å². The number of benzene rings is 2. The first-order valence-corrected chi connectivity index (χ1v) is 6.36. The third kappa shape index (κ3) is 1.06. The standard InChI is InChI=1S/C12H8As/c1-2-4-10-9(3-1)5-6-12-11(10)7-8-13-12/h1-8H. The molecule has 1 aliphatic heterocycles. The molecule has 1 heteroatoms. The van der Waals surface area contributed by atoms with E-state index in [1.807, 2.05) is 0 Å². The Kier molecular flexibility index (Phi) is 1.57. The molecule has 2 aromatic rings. The molecule has 0 bridgehead atoms. The van der Waals surface area contributed by atoms with Crippen molar-refractivity contribution in [2.24, 2.45) is 0 Å². The van der Waals surface area contributed by atoms with Gasteiger partial charge in [0, 0.05) is 0 Å². The molecule has 0 atom stereocenters. The Hall–Kier alpha value is -1.00. The van der Waals surface area contributed by atoms with Crippen molar-refractivity contribution in [1.82, 2.24) is 0 Å². The second-order valence-corrected chi connectivity index (χ2v) is 5.34.